The minimum absolute atomic E-state index is 0.0234. The van der Waals surface area contributed by atoms with Crippen LogP contribution in [-0.4, -0.2) is 23.4 Å². The van der Waals surface area contributed by atoms with Gasteiger partial charge in [-0.1, -0.05) is 17.7 Å². The van der Waals surface area contributed by atoms with Gasteiger partial charge in [-0.15, -0.1) is 0 Å². The molecule has 0 saturated carbocycles. The quantitative estimate of drug-likeness (QED) is 0.803. The Bertz CT molecular complexity index is 570. The van der Waals surface area contributed by atoms with Crippen LogP contribution in [0.5, 0.6) is 0 Å². The van der Waals surface area contributed by atoms with Crippen molar-refractivity contribution in [1.82, 2.24) is 10.3 Å². The number of carbonyl (C=O) groups is 1. The van der Waals surface area contributed by atoms with Crippen LogP contribution < -0.4 is 5.32 Å². The fraction of sp³-hybridized carbons (Fsp3) is 0.308. The molecule has 2 heterocycles. The molecular formula is C13H13ClN2O. The Morgan fingerprint density at radius 1 is 1.41 bits per heavy atom. The summed E-state index contributed by atoms with van der Waals surface area (Å²) < 4.78 is 0. The van der Waals surface area contributed by atoms with Crippen molar-refractivity contribution in [1.29, 1.82) is 0 Å². The lowest BCUT2D eigenvalue weighted by atomic mass is 10.0. The molecule has 1 unspecified atom stereocenters. The number of hydrogen-bond acceptors (Lipinski definition) is 2. The molecule has 17 heavy (non-hydrogen) atoms. The number of nitrogens with one attached hydrogen (secondary N) is 2. The second-order valence-corrected chi connectivity index (χ2v) is 4.84. The van der Waals surface area contributed by atoms with Crippen LogP contribution in [0.3, 0.4) is 0 Å². The van der Waals surface area contributed by atoms with Gasteiger partial charge in [-0.05, 0) is 31.5 Å². The fourth-order valence-electron chi connectivity index (χ4n) is 2.40. The zero-order chi connectivity index (χ0) is 11.8. The first kappa shape index (κ1) is 10.8. The summed E-state index contributed by atoms with van der Waals surface area (Å²) in [6.45, 7) is 0.935. The predicted octanol–water partition coefficient (Wildman–Crippen LogP) is 2.76. The molecule has 2 aromatic rings. The van der Waals surface area contributed by atoms with Crippen LogP contribution in [0.2, 0.25) is 5.02 Å². The number of aromatic amines is 1. The Labute approximate surface area is 104 Å². The van der Waals surface area contributed by atoms with Gasteiger partial charge < -0.3 is 10.3 Å². The number of hydrogen-bond donors (Lipinski definition) is 2. The molecule has 1 aliphatic heterocycles. The topological polar surface area (TPSA) is 44.9 Å². The van der Waals surface area contributed by atoms with E-state index in [1.165, 1.54) is 0 Å². The minimum Gasteiger partial charge on any atom is -0.360 e. The number of Topliss-reactive ketones (excluding diaryl/α,β-unsaturated/α-hetero) is 1. The molecule has 1 aromatic carbocycles. The maximum absolute atomic E-state index is 12.3. The summed E-state index contributed by atoms with van der Waals surface area (Å²) in [6.07, 6.45) is 3.78. The SMILES string of the molecule is O=C(c1c[nH]c2cc(Cl)ccc12)C1CCCN1. The van der Waals surface area contributed by atoms with E-state index in [1.54, 1.807) is 6.20 Å². The Balaban J connectivity index is 2.02. The van der Waals surface area contributed by atoms with Gasteiger partial charge in [-0.3, -0.25) is 4.79 Å². The first-order valence-electron chi connectivity index (χ1n) is 5.80. The Hall–Kier alpha value is -1.32. The Kier molecular flexibility index (Phi) is 2.65. The summed E-state index contributed by atoms with van der Waals surface area (Å²) in [5, 5.41) is 4.86. The van der Waals surface area contributed by atoms with E-state index in [2.05, 4.69) is 10.3 Å². The highest BCUT2D eigenvalue weighted by Crippen LogP contribution is 2.24. The fourth-order valence-corrected chi connectivity index (χ4v) is 2.57. The van der Waals surface area contributed by atoms with Gasteiger partial charge in [0.1, 0.15) is 0 Å². The van der Waals surface area contributed by atoms with E-state index in [0.717, 1.165) is 35.9 Å². The van der Waals surface area contributed by atoms with Crippen molar-refractivity contribution in [3.8, 4) is 0 Å². The van der Waals surface area contributed by atoms with Crippen LogP contribution in [0, 0.1) is 0 Å². The molecule has 1 fully saturated rings. The van der Waals surface area contributed by atoms with Crippen molar-refractivity contribution in [2.45, 2.75) is 18.9 Å². The highest BCUT2D eigenvalue weighted by molar-refractivity contribution is 6.31. The molecule has 0 amide bonds. The third-order valence-corrected chi connectivity index (χ3v) is 3.52. The van der Waals surface area contributed by atoms with Crippen molar-refractivity contribution in [3.05, 3.63) is 35.0 Å². The van der Waals surface area contributed by atoms with E-state index in [-0.39, 0.29) is 11.8 Å². The summed E-state index contributed by atoms with van der Waals surface area (Å²) >= 11 is 5.92. The number of rotatable bonds is 2. The standard InChI is InChI=1S/C13H13ClN2O/c14-8-3-4-9-10(7-16-12(9)6-8)13(17)11-2-1-5-15-11/h3-4,6-7,11,15-16H,1-2,5H2. The lowest BCUT2D eigenvalue weighted by molar-refractivity contribution is 0.0954. The van der Waals surface area contributed by atoms with E-state index in [0.29, 0.717) is 5.02 Å². The van der Waals surface area contributed by atoms with E-state index in [1.807, 2.05) is 18.2 Å². The van der Waals surface area contributed by atoms with Crippen molar-refractivity contribution in [2.24, 2.45) is 0 Å². The number of halogens is 1. The predicted molar refractivity (Wildman–Crippen MR) is 68.7 cm³/mol. The lowest BCUT2D eigenvalue weighted by Gasteiger charge is -2.07. The Morgan fingerprint density at radius 3 is 3.06 bits per heavy atom. The number of fused-ring (bicyclic) bond motifs is 1. The Morgan fingerprint density at radius 2 is 2.29 bits per heavy atom. The van der Waals surface area contributed by atoms with Gasteiger partial charge in [-0.25, -0.2) is 0 Å². The van der Waals surface area contributed by atoms with Gasteiger partial charge in [0.15, 0.2) is 5.78 Å². The van der Waals surface area contributed by atoms with E-state index in [9.17, 15) is 4.79 Å². The van der Waals surface area contributed by atoms with Gasteiger partial charge in [0.25, 0.3) is 0 Å². The second kappa shape index (κ2) is 4.17. The number of H-pyrrole nitrogens is 1. The smallest absolute Gasteiger partial charge is 0.181 e. The van der Waals surface area contributed by atoms with Gasteiger partial charge in [0, 0.05) is 27.7 Å². The van der Waals surface area contributed by atoms with E-state index >= 15 is 0 Å². The molecule has 3 nitrogen and oxygen atoms in total. The van der Waals surface area contributed by atoms with Crippen LogP contribution in [-0.2, 0) is 0 Å². The first-order valence-corrected chi connectivity index (χ1v) is 6.18. The average molecular weight is 249 g/mol. The summed E-state index contributed by atoms with van der Waals surface area (Å²) in [6, 6.07) is 5.53. The molecule has 88 valence electrons. The van der Waals surface area contributed by atoms with Crippen molar-refractivity contribution >= 4 is 28.3 Å². The summed E-state index contributed by atoms with van der Waals surface area (Å²) in [5.41, 5.74) is 1.68. The molecule has 2 N–H and O–H groups in total. The minimum atomic E-state index is -0.0234. The number of benzene rings is 1. The van der Waals surface area contributed by atoms with E-state index < -0.39 is 0 Å². The number of ketones is 1. The van der Waals surface area contributed by atoms with Crippen LogP contribution in [0.1, 0.15) is 23.2 Å². The van der Waals surface area contributed by atoms with Gasteiger partial charge in [0.05, 0.1) is 6.04 Å². The molecule has 0 spiro atoms. The molecule has 1 aliphatic rings. The highest BCUT2D eigenvalue weighted by atomic mass is 35.5. The zero-order valence-electron chi connectivity index (χ0n) is 9.29. The largest absolute Gasteiger partial charge is 0.360 e. The van der Waals surface area contributed by atoms with Crippen molar-refractivity contribution < 1.29 is 4.79 Å². The third-order valence-electron chi connectivity index (χ3n) is 3.29. The summed E-state index contributed by atoms with van der Waals surface area (Å²) in [5.74, 6) is 0.177. The lowest BCUT2D eigenvalue weighted by Crippen LogP contribution is -2.30. The average Bonchev–Trinajstić information content (AvgIpc) is 2.96. The maximum atomic E-state index is 12.3. The monoisotopic (exact) mass is 248 g/mol. The molecule has 1 saturated heterocycles. The number of carbonyl (C=O) groups excluding carboxylic acids is 1. The molecule has 1 atom stereocenters. The third kappa shape index (κ3) is 1.85. The van der Waals surface area contributed by atoms with Crippen LogP contribution >= 0.6 is 11.6 Å². The first-order chi connectivity index (χ1) is 8.25. The maximum Gasteiger partial charge on any atom is 0.181 e. The molecule has 0 radical (unpaired) electrons. The van der Waals surface area contributed by atoms with E-state index in [4.69, 9.17) is 11.6 Å². The molecule has 0 bridgehead atoms. The molecule has 0 aliphatic carbocycles. The van der Waals surface area contributed by atoms with Crippen LogP contribution in [0.25, 0.3) is 10.9 Å². The van der Waals surface area contributed by atoms with Gasteiger partial charge >= 0.3 is 0 Å². The molecule has 3 rings (SSSR count). The van der Waals surface area contributed by atoms with Gasteiger partial charge in [0.2, 0.25) is 0 Å². The van der Waals surface area contributed by atoms with Crippen molar-refractivity contribution in [3.63, 3.8) is 0 Å². The molecule has 1 aromatic heterocycles. The zero-order valence-corrected chi connectivity index (χ0v) is 10.1. The number of aromatic nitrogens is 1. The second-order valence-electron chi connectivity index (χ2n) is 4.41. The summed E-state index contributed by atoms with van der Waals surface area (Å²) in [4.78, 5) is 15.4. The van der Waals surface area contributed by atoms with Crippen LogP contribution in [0.4, 0.5) is 0 Å². The van der Waals surface area contributed by atoms with Crippen molar-refractivity contribution in [2.75, 3.05) is 6.54 Å². The molecule has 4 heteroatoms. The van der Waals surface area contributed by atoms with Gasteiger partial charge in [-0.2, -0.15) is 0 Å². The molecular weight excluding hydrogens is 236 g/mol. The van der Waals surface area contributed by atoms with Crippen LogP contribution in [0.15, 0.2) is 24.4 Å². The normalized spacial score (nSPS) is 19.9. The highest BCUT2D eigenvalue weighted by Gasteiger charge is 2.25. The summed E-state index contributed by atoms with van der Waals surface area (Å²) in [7, 11) is 0.